The highest BCUT2D eigenvalue weighted by Gasteiger charge is 2.38. The number of pyridine rings is 1. The lowest BCUT2D eigenvalue weighted by atomic mass is 9.91. The average Bonchev–Trinajstić information content (AvgIpc) is 2.70. The molecule has 1 saturated heterocycles. The Hall–Kier alpha value is -2.11. The maximum atomic E-state index is 12.8. The van der Waals surface area contributed by atoms with Crippen LogP contribution in [0.4, 0.5) is 0 Å². The molecular weight excluding hydrogens is 284 g/mol. The Morgan fingerprint density at radius 2 is 2.09 bits per heavy atom. The van der Waals surface area contributed by atoms with Crippen LogP contribution in [0, 0.1) is 5.92 Å². The molecule has 2 unspecified atom stereocenters. The molecule has 0 spiro atoms. The van der Waals surface area contributed by atoms with E-state index in [0.717, 1.165) is 31.4 Å². The summed E-state index contributed by atoms with van der Waals surface area (Å²) in [5.41, 5.74) is 1.40. The molecule has 2 aliphatic rings. The molecule has 22 heavy (non-hydrogen) atoms. The van der Waals surface area contributed by atoms with Crippen molar-refractivity contribution in [3.63, 3.8) is 0 Å². The quantitative estimate of drug-likeness (QED) is 0.773. The summed E-state index contributed by atoms with van der Waals surface area (Å²) in [6, 6.07) is 3.65. The van der Waals surface area contributed by atoms with Gasteiger partial charge in [0, 0.05) is 18.7 Å². The van der Waals surface area contributed by atoms with E-state index in [1.165, 1.54) is 7.11 Å². The summed E-state index contributed by atoms with van der Waals surface area (Å²) in [6.07, 6.45) is 3.22. The van der Waals surface area contributed by atoms with Gasteiger partial charge >= 0.3 is 5.97 Å². The standard InChI is InChI=1S/C16H20N2O4/c1-21-14-8-6-12-13(17-14)7-5-11-4-3-10(16(20)22-2)9-18(11)15(12)19/h6,8,10-11H,3-5,7,9H2,1-2H3. The summed E-state index contributed by atoms with van der Waals surface area (Å²) in [7, 11) is 2.96. The SMILES string of the molecule is COC(=O)C1CCC2CCc3nc(OC)ccc3C(=O)N2C1. The van der Waals surface area contributed by atoms with Crippen LogP contribution in [0.2, 0.25) is 0 Å². The van der Waals surface area contributed by atoms with E-state index in [4.69, 9.17) is 9.47 Å². The normalized spacial score (nSPS) is 24.1. The van der Waals surface area contributed by atoms with E-state index in [1.54, 1.807) is 19.2 Å². The van der Waals surface area contributed by atoms with Crippen molar-refractivity contribution >= 4 is 11.9 Å². The molecule has 2 aliphatic heterocycles. The minimum atomic E-state index is -0.233. The maximum absolute atomic E-state index is 12.8. The second kappa shape index (κ2) is 5.94. The van der Waals surface area contributed by atoms with Crippen molar-refractivity contribution in [1.29, 1.82) is 0 Å². The molecular formula is C16H20N2O4. The van der Waals surface area contributed by atoms with Crippen LogP contribution >= 0.6 is 0 Å². The van der Waals surface area contributed by atoms with Crippen molar-refractivity contribution in [2.45, 2.75) is 31.7 Å². The molecule has 1 amide bonds. The van der Waals surface area contributed by atoms with Crippen molar-refractivity contribution in [1.82, 2.24) is 9.88 Å². The first kappa shape index (κ1) is 14.8. The number of nitrogens with zero attached hydrogens (tertiary/aromatic N) is 2. The lowest BCUT2D eigenvalue weighted by Crippen LogP contribution is -2.48. The van der Waals surface area contributed by atoms with Crippen LogP contribution in [0.5, 0.6) is 5.88 Å². The predicted molar refractivity (Wildman–Crippen MR) is 78.7 cm³/mol. The van der Waals surface area contributed by atoms with Gasteiger partial charge in [-0.05, 0) is 31.7 Å². The van der Waals surface area contributed by atoms with Gasteiger partial charge in [0.05, 0.1) is 31.4 Å². The molecule has 1 fully saturated rings. The van der Waals surface area contributed by atoms with Crippen molar-refractivity contribution in [3.8, 4) is 5.88 Å². The summed E-state index contributed by atoms with van der Waals surface area (Å²) in [5.74, 6) is 0.0293. The van der Waals surface area contributed by atoms with Gasteiger partial charge in [0.25, 0.3) is 5.91 Å². The van der Waals surface area contributed by atoms with Gasteiger partial charge in [0.2, 0.25) is 5.88 Å². The summed E-state index contributed by atoms with van der Waals surface area (Å²) >= 11 is 0. The number of aromatic nitrogens is 1. The molecule has 6 nitrogen and oxygen atoms in total. The fraction of sp³-hybridized carbons (Fsp3) is 0.562. The van der Waals surface area contributed by atoms with E-state index in [9.17, 15) is 9.59 Å². The summed E-state index contributed by atoms with van der Waals surface area (Å²) in [5, 5.41) is 0. The van der Waals surface area contributed by atoms with Crippen LogP contribution in [-0.4, -0.2) is 48.6 Å². The molecule has 3 heterocycles. The largest absolute Gasteiger partial charge is 0.481 e. The van der Waals surface area contributed by atoms with Gasteiger partial charge in [0.1, 0.15) is 0 Å². The number of carbonyl (C=O) groups excluding carboxylic acids is 2. The van der Waals surface area contributed by atoms with Crippen LogP contribution < -0.4 is 4.74 Å². The van der Waals surface area contributed by atoms with Gasteiger partial charge in [0.15, 0.2) is 0 Å². The predicted octanol–water partition coefficient (Wildman–Crippen LogP) is 1.43. The smallest absolute Gasteiger partial charge is 0.310 e. The number of fused-ring (bicyclic) bond motifs is 2. The Morgan fingerprint density at radius 3 is 2.82 bits per heavy atom. The molecule has 0 aliphatic carbocycles. The van der Waals surface area contributed by atoms with E-state index in [2.05, 4.69) is 4.98 Å². The molecule has 0 saturated carbocycles. The third kappa shape index (κ3) is 2.53. The van der Waals surface area contributed by atoms with Gasteiger partial charge in [-0.3, -0.25) is 9.59 Å². The average molecular weight is 304 g/mol. The Kier molecular flexibility index (Phi) is 4.00. The van der Waals surface area contributed by atoms with Crippen LogP contribution in [-0.2, 0) is 16.0 Å². The van der Waals surface area contributed by atoms with Crippen LogP contribution in [0.25, 0.3) is 0 Å². The Bertz CT molecular complexity index is 602. The number of rotatable bonds is 2. The lowest BCUT2D eigenvalue weighted by molar-refractivity contribution is -0.147. The topological polar surface area (TPSA) is 68.7 Å². The number of hydrogen-bond acceptors (Lipinski definition) is 5. The monoisotopic (exact) mass is 304 g/mol. The molecule has 1 aromatic heterocycles. The Morgan fingerprint density at radius 1 is 1.27 bits per heavy atom. The van der Waals surface area contributed by atoms with Crippen molar-refractivity contribution < 1.29 is 19.1 Å². The van der Waals surface area contributed by atoms with E-state index >= 15 is 0 Å². The highest BCUT2D eigenvalue weighted by Crippen LogP contribution is 2.31. The van der Waals surface area contributed by atoms with Crippen molar-refractivity contribution in [2.24, 2.45) is 5.92 Å². The fourth-order valence-electron chi connectivity index (χ4n) is 3.37. The zero-order valence-corrected chi connectivity index (χ0v) is 12.9. The van der Waals surface area contributed by atoms with Gasteiger partial charge in [-0.15, -0.1) is 0 Å². The molecule has 0 aromatic carbocycles. The summed E-state index contributed by atoms with van der Waals surface area (Å²) in [4.78, 5) is 30.8. The number of ether oxygens (including phenoxy) is 2. The van der Waals surface area contributed by atoms with Crippen LogP contribution in [0.15, 0.2) is 12.1 Å². The molecule has 1 aromatic rings. The van der Waals surface area contributed by atoms with E-state index < -0.39 is 0 Å². The van der Waals surface area contributed by atoms with E-state index in [0.29, 0.717) is 18.0 Å². The minimum absolute atomic E-state index is 0.0405. The molecule has 3 rings (SSSR count). The highest BCUT2D eigenvalue weighted by atomic mass is 16.5. The van der Waals surface area contributed by atoms with Gasteiger partial charge < -0.3 is 14.4 Å². The first-order chi connectivity index (χ1) is 10.6. The number of aryl methyl sites for hydroxylation is 1. The third-order valence-electron chi connectivity index (χ3n) is 4.60. The maximum Gasteiger partial charge on any atom is 0.310 e. The number of carbonyl (C=O) groups is 2. The van der Waals surface area contributed by atoms with Crippen molar-refractivity contribution in [2.75, 3.05) is 20.8 Å². The van der Waals surface area contributed by atoms with Crippen LogP contribution in [0.3, 0.4) is 0 Å². The van der Waals surface area contributed by atoms with Crippen LogP contribution in [0.1, 0.15) is 35.3 Å². The lowest BCUT2D eigenvalue weighted by Gasteiger charge is -2.37. The number of piperidine rings is 1. The molecule has 0 N–H and O–H groups in total. The van der Waals surface area contributed by atoms with E-state index in [-0.39, 0.29) is 23.8 Å². The minimum Gasteiger partial charge on any atom is -0.481 e. The fourth-order valence-corrected chi connectivity index (χ4v) is 3.37. The second-order valence-electron chi connectivity index (χ2n) is 5.80. The number of esters is 1. The Labute approximate surface area is 129 Å². The Balaban J connectivity index is 1.88. The third-order valence-corrected chi connectivity index (χ3v) is 4.60. The highest BCUT2D eigenvalue weighted by molar-refractivity contribution is 5.96. The van der Waals surface area contributed by atoms with Gasteiger partial charge in [-0.25, -0.2) is 4.98 Å². The first-order valence-electron chi connectivity index (χ1n) is 7.56. The van der Waals surface area contributed by atoms with Gasteiger partial charge in [-0.1, -0.05) is 0 Å². The number of methoxy groups -OCH3 is 2. The zero-order chi connectivity index (χ0) is 15.7. The molecule has 118 valence electrons. The molecule has 0 bridgehead atoms. The summed E-state index contributed by atoms with van der Waals surface area (Å²) < 4.78 is 9.97. The zero-order valence-electron chi connectivity index (χ0n) is 12.9. The van der Waals surface area contributed by atoms with E-state index in [1.807, 2.05) is 4.90 Å². The van der Waals surface area contributed by atoms with Gasteiger partial charge in [-0.2, -0.15) is 0 Å². The number of hydrogen-bond donors (Lipinski definition) is 0. The second-order valence-corrected chi connectivity index (χ2v) is 5.80. The molecule has 2 atom stereocenters. The van der Waals surface area contributed by atoms with Crippen molar-refractivity contribution in [3.05, 3.63) is 23.4 Å². The number of amides is 1. The molecule has 6 heteroatoms. The molecule has 0 radical (unpaired) electrons. The summed E-state index contributed by atoms with van der Waals surface area (Å²) in [6.45, 7) is 0.432. The first-order valence-corrected chi connectivity index (χ1v) is 7.56.